The molecule has 120 valence electrons. The summed E-state index contributed by atoms with van der Waals surface area (Å²) >= 11 is 5.58. The van der Waals surface area contributed by atoms with E-state index in [1.54, 1.807) is 7.11 Å². The van der Waals surface area contributed by atoms with Crippen molar-refractivity contribution in [1.82, 2.24) is 10.2 Å². The van der Waals surface area contributed by atoms with Gasteiger partial charge in [-0.3, -0.25) is 0 Å². The highest BCUT2D eigenvalue weighted by atomic mass is 32.1. The largest absolute Gasteiger partial charge is 0.497 e. The maximum Gasteiger partial charge on any atom is 0.169 e. The first-order valence-electron chi connectivity index (χ1n) is 8.21. The molecule has 1 N–H and O–H groups in total. The van der Waals surface area contributed by atoms with E-state index in [2.05, 4.69) is 27.2 Å². The van der Waals surface area contributed by atoms with E-state index in [1.807, 2.05) is 12.1 Å². The predicted octanol–water partition coefficient (Wildman–Crippen LogP) is 2.63. The van der Waals surface area contributed by atoms with E-state index < -0.39 is 0 Å². The van der Waals surface area contributed by atoms with Crippen molar-refractivity contribution in [2.24, 2.45) is 0 Å². The summed E-state index contributed by atoms with van der Waals surface area (Å²) in [6.45, 7) is 3.96. The highest BCUT2D eigenvalue weighted by Gasteiger charge is 2.22. The lowest BCUT2D eigenvalue weighted by Crippen LogP contribution is -2.53. The molecule has 5 heteroatoms. The van der Waals surface area contributed by atoms with Crippen LogP contribution in [0.25, 0.3) is 0 Å². The summed E-state index contributed by atoms with van der Waals surface area (Å²) in [5.41, 5.74) is 1.23. The van der Waals surface area contributed by atoms with Gasteiger partial charge >= 0.3 is 0 Å². The fourth-order valence-electron chi connectivity index (χ4n) is 3.31. The molecule has 4 nitrogen and oxygen atoms in total. The highest BCUT2D eigenvalue weighted by molar-refractivity contribution is 7.80. The first kappa shape index (κ1) is 15.4. The maximum atomic E-state index is 5.58. The van der Waals surface area contributed by atoms with Gasteiger partial charge in [0.05, 0.1) is 7.11 Å². The smallest absolute Gasteiger partial charge is 0.169 e. The molecule has 0 bridgehead atoms. The lowest BCUT2D eigenvalue weighted by Gasteiger charge is -2.38. The summed E-state index contributed by atoms with van der Waals surface area (Å²) in [6, 6.07) is 8.88. The van der Waals surface area contributed by atoms with Gasteiger partial charge in [-0.25, -0.2) is 0 Å². The second kappa shape index (κ2) is 7.18. The number of piperazine rings is 1. The Balaban J connectivity index is 1.52. The monoisotopic (exact) mass is 319 g/mol. The zero-order valence-electron chi connectivity index (χ0n) is 13.3. The molecule has 1 aliphatic carbocycles. The van der Waals surface area contributed by atoms with Crippen LogP contribution in [0.4, 0.5) is 5.69 Å². The number of hydrogen-bond donors (Lipinski definition) is 1. The molecule has 3 rings (SSSR count). The molecule has 2 fully saturated rings. The molecule has 1 aliphatic heterocycles. The zero-order valence-corrected chi connectivity index (χ0v) is 14.1. The van der Waals surface area contributed by atoms with E-state index in [-0.39, 0.29) is 0 Å². The van der Waals surface area contributed by atoms with Crippen molar-refractivity contribution in [3.05, 3.63) is 24.3 Å². The number of nitrogens with one attached hydrogen (secondary N) is 1. The van der Waals surface area contributed by atoms with Crippen LogP contribution in [0.15, 0.2) is 24.3 Å². The van der Waals surface area contributed by atoms with Crippen LogP contribution >= 0.6 is 12.2 Å². The molecular formula is C17H25N3OS. The van der Waals surface area contributed by atoms with Crippen molar-refractivity contribution in [2.45, 2.75) is 31.7 Å². The Morgan fingerprint density at radius 2 is 1.91 bits per heavy atom. The quantitative estimate of drug-likeness (QED) is 0.865. The third kappa shape index (κ3) is 3.64. The number of thiocarbonyl (C=S) groups is 1. The summed E-state index contributed by atoms with van der Waals surface area (Å²) in [5, 5.41) is 4.48. The van der Waals surface area contributed by atoms with Crippen molar-refractivity contribution in [3.8, 4) is 5.75 Å². The van der Waals surface area contributed by atoms with Gasteiger partial charge in [0.1, 0.15) is 5.75 Å². The fraction of sp³-hybridized carbons (Fsp3) is 0.588. The molecule has 0 radical (unpaired) electrons. The molecule has 0 aromatic heterocycles. The van der Waals surface area contributed by atoms with Crippen LogP contribution < -0.4 is 15.0 Å². The molecule has 0 spiro atoms. The maximum absolute atomic E-state index is 5.58. The van der Waals surface area contributed by atoms with Gasteiger partial charge in [-0.1, -0.05) is 18.9 Å². The molecule has 0 unspecified atom stereocenters. The van der Waals surface area contributed by atoms with E-state index in [1.165, 1.54) is 31.4 Å². The Labute approximate surface area is 138 Å². The number of methoxy groups -OCH3 is 1. The number of rotatable bonds is 3. The Bertz CT molecular complexity index is 508. The lowest BCUT2D eigenvalue weighted by molar-refractivity contribution is 0.373. The van der Waals surface area contributed by atoms with Crippen molar-refractivity contribution < 1.29 is 4.74 Å². The van der Waals surface area contributed by atoms with Gasteiger partial charge in [0, 0.05) is 44.0 Å². The molecule has 0 amide bonds. The SMILES string of the molecule is COc1cccc(N2CCN(C(=S)NC3CCCC3)CC2)c1. The van der Waals surface area contributed by atoms with Gasteiger partial charge in [-0.05, 0) is 37.2 Å². The van der Waals surface area contributed by atoms with Crippen LogP contribution in [0.3, 0.4) is 0 Å². The van der Waals surface area contributed by atoms with Gasteiger partial charge in [0.15, 0.2) is 5.11 Å². The van der Waals surface area contributed by atoms with Gasteiger partial charge in [0.2, 0.25) is 0 Å². The van der Waals surface area contributed by atoms with E-state index in [9.17, 15) is 0 Å². The Morgan fingerprint density at radius 3 is 2.59 bits per heavy atom. The lowest BCUT2D eigenvalue weighted by atomic mass is 10.2. The van der Waals surface area contributed by atoms with E-state index in [0.717, 1.165) is 37.0 Å². The van der Waals surface area contributed by atoms with Gasteiger partial charge in [-0.15, -0.1) is 0 Å². The summed E-state index contributed by atoms with van der Waals surface area (Å²) in [5.74, 6) is 0.915. The molecule has 1 aromatic rings. The Morgan fingerprint density at radius 1 is 1.18 bits per heavy atom. The molecule has 2 aliphatic rings. The zero-order chi connectivity index (χ0) is 15.4. The summed E-state index contributed by atoms with van der Waals surface area (Å²) < 4.78 is 5.31. The predicted molar refractivity (Wildman–Crippen MR) is 94.8 cm³/mol. The highest BCUT2D eigenvalue weighted by Crippen LogP contribution is 2.22. The summed E-state index contributed by atoms with van der Waals surface area (Å²) in [7, 11) is 1.71. The van der Waals surface area contributed by atoms with Crippen molar-refractivity contribution in [1.29, 1.82) is 0 Å². The summed E-state index contributed by atoms with van der Waals surface area (Å²) in [6.07, 6.45) is 5.21. The number of anilines is 1. The second-order valence-corrected chi connectivity index (χ2v) is 6.49. The Hall–Kier alpha value is -1.49. The number of nitrogens with zero attached hydrogens (tertiary/aromatic N) is 2. The Kier molecular flexibility index (Phi) is 5.03. The number of hydrogen-bond acceptors (Lipinski definition) is 3. The van der Waals surface area contributed by atoms with Gasteiger partial charge in [-0.2, -0.15) is 0 Å². The van der Waals surface area contributed by atoms with Crippen LogP contribution in [0, 0.1) is 0 Å². The molecule has 1 saturated carbocycles. The van der Waals surface area contributed by atoms with Crippen LogP contribution in [0.1, 0.15) is 25.7 Å². The molecule has 0 atom stereocenters. The molecular weight excluding hydrogens is 294 g/mol. The van der Waals surface area contributed by atoms with Crippen LogP contribution in [0.2, 0.25) is 0 Å². The second-order valence-electron chi connectivity index (χ2n) is 6.11. The van der Waals surface area contributed by atoms with Crippen LogP contribution in [-0.2, 0) is 0 Å². The first-order chi connectivity index (χ1) is 10.8. The third-order valence-electron chi connectivity index (χ3n) is 4.67. The summed E-state index contributed by atoms with van der Waals surface area (Å²) in [4.78, 5) is 4.71. The average Bonchev–Trinajstić information content (AvgIpc) is 3.08. The van der Waals surface area contributed by atoms with E-state index >= 15 is 0 Å². The first-order valence-corrected chi connectivity index (χ1v) is 8.61. The minimum absolute atomic E-state index is 0.601. The van der Waals surface area contributed by atoms with Gasteiger partial charge in [0.25, 0.3) is 0 Å². The fourth-order valence-corrected chi connectivity index (χ4v) is 3.66. The van der Waals surface area contributed by atoms with Crippen LogP contribution in [-0.4, -0.2) is 49.3 Å². The molecule has 22 heavy (non-hydrogen) atoms. The molecule has 1 saturated heterocycles. The normalized spacial score (nSPS) is 19.3. The number of ether oxygens (including phenoxy) is 1. The van der Waals surface area contributed by atoms with Crippen molar-refractivity contribution in [3.63, 3.8) is 0 Å². The molecule has 1 aromatic carbocycles. The van der Waals surface area contributed by atoms with E-state index in [4.69, 9.17) is 17.0 Å². The minimum atomic E-state index is 0.601. The third-order valence-corrected chi connectivity index (χ3v) is 5.04. The molecule has 1 heterocycles. The van der Waals surface area contributed by atoms with Crippen molar-refractivity contribution in [2.75, 3.05) is 38.2 Å². The number of benzene rings is 1. The van der Waals surface area contributed by atoms with Gasteiger partial charge < -0.3 is 19.9 Å². The average molecular weight is 319 g/mol. The standard InChI is InChI=1S/C17H25N3OS/c1-21-16-8-4-7-15(13-16)19-9-11-20(12-10-19)17(22)18-14-5-2-3-6-14/h4,7-8,13-14H,2-3,5-6,9-12H2,1H3,(H,18,22). The van der Waals surface area contributed by atoms with E-state index in [0.29, 0.717) is 6.04 Å². The van der Waals surface area contributed by atoms with Crippen molar-refractivity contribution >= 4 is 23.0 Å². The topological polar surface area (TPSA) is 27.7 Å². The minimum Gasteiger partial charge on any atom is -0.497 e. The van der Waals surface area contributed by atoms with Crippen LogP contribution in [0.5, 0.6) is 5.75 Å².